The fourth-order valence-corrected chi connectivity index (χ4v) is 10.9. The number of rotatable bonds is 11. The fourth-order valence-electron chi connectivity index (χ4n) is 10.9. The Bertz CT molecular complexity index is 4090. The van der Waals surface area contributed by atoms with Crippen LogP contribution >= 0.6 is 0 Å². The summed E-state index contributed by atoms with van der Waals surface area (Å²) in [6, 6.07) is 89.9. The zero-order valence-corrected chi connectivity index (χ0v) is 44.1. The van der Waals surface area contributed by atoms with E-state index in [1.807, 2.05) is 36.5 Å². The Morgan fingerprint density at radius 1 is 0.351 bits per heavy atom. The molecule has 4 heteroatoms. The predicted octanol–water partition coefficient (Wildman–Crippen LogP) is 19.1. The second-order valence-electron chi connectivity index (χ2n) is 21.6. The summed E-state index contributed by atoms with van der Waals surface area (Å²) < 4.78 is 2.26. The first kappa shape index (κ1) is 48.6. The van der Waals surface area contributed by atoms with Crippen LogP contribution in [0.5, 0.6) is 5.75 Å². The van der Waals surface area contributed by atoms with Crippen LogP contribution in [0, 0.1) is 0 Å². The molecule has 1 N–H and O–H groups in total. The first-order chi connectivity index (χ1) is 37.5. The molecule has 12 rings (SSSR count). The van der Waals surface area contributed by atoms with Crippen molar-refractivity contribution < 1.29 is 5.11 Å². The highest BCUT2D eigenvalue weighted by atomic mass is 16.3. The molecule has 0 unspecified atom stereocenters. The molecule has 0 amide bonds. The van der Waals surface area contributed by atoms with E-state index in [1.54, 1.807) is 0 Å². The number of aromatic hydroxyl groups is 1. The second kappa shape index (κ2) is 20.0. The summed E-state index contributed by atoms with van der Waals surface area (Å²) in [5.41, 5.74) is 20.9. The lowest BCUT2D eigenvalue weighted by atomic mass is 9.77. The van der Waals surface area contributed by atoms with E-state index in [4.69, 9.17) is 9.97 Å². The smallest absolute Gasteiger partial charge is 0.149 e. The van der Waals surface area contributed by atoms with E-state index in [0.717, 1.165) is 94.7 Å². The topological polar surface area (TPSA) is 50.9 Å². The van der Waals surface area contributed by atoms with Gasteiger partial charge in [-0.2, -0.15) is 0 Å². The fraction of sp³-hybridized carbons (Fsp3) is 0.0959. The van der Waals surface area contributed by atoms with Gasteiger partial charge in [-0.3, -0.25) is 9.55 Å². The van der Waals surface area contributed by atoms with Gasteiger partial charge in [0.1, 0.15) is 11.6 Å². The summed E-state index contributed by atoms with van der Waals surface area (Å²) >= 11 is 0. The summed E-state index contributed by atoms with van der Waals surface area (Å²) in [6.45, 7) is 11.4. The van der Waals surface area contributed by atoms with E-state index in [0.29, 0.717) is 11.4 Å². The number of imidazole rings is 1. The molecule has 0 aliphatic carbocycles. The van der Waals surface area contributed by atoms with Crippen molar-refractivity contribution in [3.05, 3.63) is 278 Å². The molecule has 0 atom stereocenters. The average Bonchev–Trinajstić information content (AvgIpc) is 3.88. The van der Waals surface area contributed by atoms with Crippen LogP contribution in [0.25, 0.3) is 106 Å². The van der Waals surface area contributed by atoms with Gasteiger partial charge in [0, 0.05) is 33.9 Å². The van der Waals surface area contributed by atoms with Gasteiger partial charge in [0.05, 0.1) is 28.0 Å². The lowest BCUT2D eigenvalue weighted by Crippen LogP contribution is -2.18. The highest BCUT2D eigenvalue weighted by Crippen LogP contribution is 2.46. The second-order valence-corrected chi connectivity index (χ2v) is 21.6. The van der Waals surface area contributed by atoms with Gasteiger partial charge in [-0.1, -0.05) is 235 Å². The molecule has 0 radical (unpaired) electrons. The molecule has 0 saturated carbocycles. The van der Waals surface area contributed by atoms with Crippen LogP contribution in [0.4, 0.5) is 0 Å². The van der Waals surface area contributed by atoms with Crippen molar-refractivity contribution >= 4 is 11.0 Å². The van der Waals surface area contributed by atoms with Crippen molar-refractivity contribution in [2.75, 3.05) is 0 Å². The summed E-state index contributed by atoms with van der Waals surface area (Å²) in [7, 11) is 0. The third-order valence-corrected chi connectivity index (χ3v) is 15.3. The number of phenols is 1. The molecule has 4 nitrogen and oxygen atoms in total. The van der Waals surface area contributed by atoms with Gasteiger partial charge < -0.3 is 5.11 Å². The lowest BCUT2D eigenvalue weighted by molar-refractivity contribution is 0.479. The lowest BCUT2D eigenvalue weighted by Gasteiger charge is -2.26. The third-order valence-electron chi connectivity index (χ3n) is 15.3. The summed E-state index contributed by atoms with van der Waals surface area (Å²) in [5.74, 6) is 0.797. The Labute approximate surface area is 452 Å². The first-order valence-electron chi connectivity index (χ1n) is 26.5. The van der Waals surface area contributed by atoms with Crippen LogP contribution in [0.1, 0.15) is 51.3 Å². The standard InChI is InChI=1S/C73H59N3O/c1-72(2,3)58-39-40-67(65(48-58)51-27-14-8-15-28-51)76-68-38-22-35-61(69(68)75-71(76)64-37-21-36-63(70(64)77)62-34-19-18-33-60(62)50-25-12-7-13-26-50)55-43-54(49-23-10-6-11-24-49)44-56(45-55)66-47-53(41-42-74-66)52-29-20-32-59(46-52)73(4,5)57-30-16-9-17-31-57/h6-48,77H,1-5H3. The zero-order chi connectivity index (χ0) is 52.7. The van der Waals surface area contributed by atoms with Gasteiger partial charge in [-0.15, -0.1) is 0 Å². The van der Waals surface area contributed by atoms with E-state index < -0.39 is 0 Å². The van der Waals surface area contributed by atoms with Gasteiger partial charge in [0.15, 0.2) is 0 Å². The third kappa shape index (κ3) is 9.34. The minimum atomic E-state index is -0.186. The molecule has 0 bridgehead atoms. The molecule has 0 spiro atoms. The van der Waals surface area contributed by atoms with Gasteiger partial charge in [0.25, 0.3) is 0 Å². The molecule has 10 aromatic carbocycles. The minimum absolute atomic E-state index is 0.104. The Morgan fingerprint density at radius 2 is 0.883 bits per heavy atom. The molecular weight excluding hydrogens is 935 g/mol. The molecule has 0 saturated heterocycles. The van der Waals surface area contributed by atoms with Crippen LogP contribution in [-0.4, -0.2) is 19.6 Å². The molecule has 372 valence electrons. The van der Waals surface area contributed by atoms with Crippen LogP contribution in [0.3, 0.4) is 0 Å². The number of fused-ring (bicyclic) bond motifs is 1. The Kier molecular flexibility index (Phi) is 12.6. The highest BCUT2D eigenvalue weighted by molar-refractivity contribution is 5.99. The van der Waals surface area contributed by atoms with Crippen LogP contribution < -0.4 is 0 Å². The number of para-hydroxylation sites is 2. The Morgan fingerprint density at radius 3 is 1.60 bits per heavy atom. The largest absolute Gasteiger partial charge is 0.507 e. The van der Waals surface area contributed by atoms with Gasteiger partial charge in [-0.05, 0) is 127 Å². The SMILES string of the molecule is CC(C)(C)c1ccc(-n2c(-c3cccc(-c4ccccc4-c4ccccc4)c3O)nc3c(-c4cc(-c5ccccc5)cc(-c5cc(-c6cccc(C(C)(C)c7ccccc7)c6)ccn5)c4)cccc32)c(-c2ccccc2)c1. The maximum Gasteiger partial charge on any atom is 0.149 e. The number of aromatic nitrogens is 3. The Hall–Kier alpha value is -9.38. The van der Waals surface area contributed by atoms with Gasteiger partial charge >= 0.3 is 0 Å². The average molecular weight is 994 g/mol. The number of hydrogen-bond donors (Lipinski definition) is 1. The van der Waals surface area contributed by atoms with E-state index in [2.05, 4.69) is 264 Å². The normalized spacial score (nSPS) is 11.8. The zero-order valence-electron chi connectivity index (χ0n) is 44.1. The molecule has 0 aliphatic heterocycles. The number of phenolic OH excluding ortho intramolecular Hbond substituents is 1. The Balaban J connectivity index is 1.07. The van der Waals surface area contributed by atoms with Gasteiger partial charge in [-0.25, -0.2) is 4.98 Å². The quantitative estimate of drug-likeness (QED) is 0.140. The van der Waals surface area contributed by atoms with E-state index in [-0.39, 0.29) is 16.6 Å². The molecule has 12 aromatic rings. The molecule has 77 heavy (non-hydrogen) atoms. The number of pyridine rings is 1. The summed E-state index contributed by atoms with van der Waals surface area (Å²) in [5, 5.41) is 12.9. The first-order valence-corrected chi connectivity index (χ1v) is 26.5. The van der Waals surface area contributed by atoms with Crippen LogP contribution in [0.15, 0.2) is 261 Å². The monoisotopic (exact) mass is 993 g/mol. The van der Waals surface area contributed by atoms with E-state index >= 15 is 0 Å². The van der Waals surface area contributed by atoms with Gasteiger partial charge in [0.2, 0.25) is 0 Å². The molecule has 0 aliphatic rings. The van der Waals surface area contributed by atoms with E-state index in [9.17, 15) is 5.11 Å². The number of hydrogen-bond acceptors (Lipinski definition) is 3. The molecular formula is C73H59N3O. The van der Waals surface area contributed by atoms with Crippen molar-refractivity contribution in [2.24, 2.45) is 0 Å². The summed E-state index contributed by atoms with van der Waals surface area (Å²) in [4.78, 5) is 10.8. The highest BCUT2D eigenvalue weighted by Gasteiger charge is 2.27. The predicted molar refractivity (Wildman–Crippen MR) is 321 cm³/mol. The van der Waals surface area contributed by atoms with Crippen LogP contribution in [-0.2, 0) is 10.8 Å². The minimum Gasteiger partial charge on any atom is -0.507 e. The van der Waals surface area contributed by atoms with E-state index in [1.165, 1.54) is 16.7 Å². The molecule has 2 heterocycles. The summed E-state index contributed by atoms with van der Waals surface area (Å²) in [6.07, 6.45) is 1.93. The van der Waals surface area contributed by atoms with Crippen molar-refractivity contribution in [3.63, 3.8) is 0 Å². The van der Waals surface area contributed by atoms with Crippen molar-refractivity contribution in [2.45, 2.75) is 45.4 Å². The number of benzene rings is 10. The molecule has 0 fully saturated rings. The molecule has 2 aromatic heterocycles. The number of nitrogens with zero attached hydrogens (tertiary/aromatic N) is 3. The van der Waals surface area contributed by atoms with Crippen molar-refractivity contribution in [1.29, 1.82) is 0 Å². The maximum absolute atomic E-state index is 12.9. The maximum atomic E-state index is 12.9. The van der Waals surface area contributed by atoms with Crippen molar-refractivity contribution in [3.8, 4) is 101 Å². The van der Waals surface area contributed by atoms with Crippen LogP contribution in [0.2, 0.25) is 0 Å². The van der Waals surface area contributed by atoms with Crippen molar-refractivity contribution in [1.82, 2.24) is 14.5 Å².